The Bertz CT molecular complexity index is 1260. The number of rotatable bonds is 10. The monoisotopic (exact) mass is 500 g/mol. The highest BCUT2D eigenvalue weighted by Crippen LogP contribution is 2.26. The number of imidazole rings is 1. The number of nitrogens with two attached hydrogens (primary N) is 1. The van der Waals surface area contributed by atoms with Crippen LogP contribution >= 0.6 is 23.2 Å². The van der Waals surface area contributed by atoms with E-state index in [0.717, 1.165) is 5.70 Å². The Labute approximate surface area is 206 Å². The zero-order chi connectivity index (χ0) is 24.7. The molecule has 0 saturated carbocycles. The van der Waals surface area contributed by atoms with Gasteiger partial charge in [0.1, 0.15) is 11.6 Å². The molecule has 3 aromatic rings. The lowest BCUT2D eigenvalue weighted by molar-refractivity contribution is -0.384. The first-order chi connectivity index (χ1) is 16.3. The molecule has 0 radical (unpaired) electrons. The highest BCUT2D eigenvalue weighted by Gasteiger charge is 2.16. The first-order valence-corrected chi connectivity index (χ1v) is 10.8. The number of nitrogens with zero attached hydrogens (tertiary/aromatic N) is 5. The van der Waals surface area contributed by atoms with Gasteiger partial charge in [0, 0.05) is 42.1 Å². The summed E-state index contributed by atoms with van der Waals surface area (Å²) < 4.78 is 1.82. The van der Waals surface area contributed by atoms with E-state index in [1.54, 1.807) is 36.9 Å². The summed E-state index contributed by atoms with van der Waals surface area (Å²) in [4.78, 5) is 23.0. The van der Waals surface area contributed by atoms with E-state index in [0.29, 0.717) is 46.0 Å². The van der Waals surface area contributed by atoms with E-state index in [4.69, 9.17) is 28.9 Å². The number of hydrogen-bond donors (Lipinski definition) is 3. The van der Waals surface area contributed by atoms with Crippen LogP contribution in [0.3, 0.4) is 0 Å². The predicted octanol–water partition coefficient (Wildman–Crippen LogP) is 4.60. The molecule has 34 heavy (non-hydrogen) atoms. The summed E-state index contributed by atoms with van der Waals surface area (Å²) in [7, 11) is 0. The summed E-state index contributed by atoms with van der Waals surface area (Å²) in [5.41, 5.74) is 7.40. The lowest BCUT2D eigenvalue weighted by Crippen LogP contribution is -2.22. The van der Waals surface area contributed by atoms with Crippen molar-refractivity contribution >= 4 is 51.9 Å². The predicted molar refractivity (Wildman–Crippen MR) is 136 cm³/mol. The average Bonchev–Trinajstić information content (AvgIpc) is 3.31. The fraction of sp³-hybridized carbons (Fsp3) is 0.136. The zero-order valence-electron chi connectivity index (χ0n) is 18.2. The van der Waals surface area contributed by atoms with Crippen molar-refractivity contribution in [1.29, 1.82) is 0 Å². The molecule has 0 amide bonds. The Morgan fingerprint density at radius 1 is 1.32 bits per heavy atom. The Hall–Kier alpha value is -3.89. The number of aromatic nitrogens is 3. The topological polar surface area (TPSA) is 136 Å². The van der Waals surface area contributed by atoms with Crippen molar-refractivity contribution in [3.05, 3.63) is 93.3 Å². The van der Waals surface area contributed by atoms with Crippen LogP contribution in [-0.4, -0.2) is 38.3 Å². The lowest BCUT2D eigenvalue weighted by atomic mass is 10.1. The van der Waals surface area contributed by atoms with Gasteiger partial charge in [-0.15, -0.1) is 0 Å². The van der Waals surface area contributed by atoms with E-state index in [1.807, 2.05) is 17.6 Å². The minimum absolute atomic E-state index is 0.153. The van der Waals surface area contributed by atoms with Crippen LogP contribution in [0, 0.1) is 10.1 Å². The van der Waals surface area contributed by atoms with Crippen molar-refractivity contribution in [3.8, 4) is 0 Å². The summed E-state index contributed by atoms with van der Waals surface area (Å²) in [6.07, 6.45) is 7.03. The second-order valence-electron chi connectivity index (χ2n) is 6.89. The lowest BCUT2D eigenvalue weighted by Gasteiger charge is -2.15. The molecule has 0 aliphatic carbocycles. The molecule has 0 aliphatic rings. The van der Waals surface area contributed by atoms with Gasteiger partial charge in [-0.25, -0.2) is 15.0 Å². The highest BCUT2D eigenvalue weighted by molar-refractivity contribution is 6.40. The van der Waals surface area contributed by atoms with Crippen LogP contribution in [0.25, 0.3) is 5.70 Å². The van der Waals surface area contributed by atoms with Crippen LogP contribution in [0.2, 0.25) is 10.0 Å². The van der Waals surface area contributed by atoms with Gasteiger partial charge < -0.3 is 20.9 Å². The molecular weight excluding hydrogens is 479 g/mol. The number of anilines is 2. The average molecular weight is 501 g/mol. The number of pyridine rings is 1. The summed E-state index contributed by atoms with van der Waals surface area (Å²) in [6.45, 7) is 6.76. The number of aliphatic imine (C=N–C) groups is 1. The normalized spacial score (nSPS) is 11.9. The van der Waals surface area contributed by atoms with E-state index in [1.165, 1.54) is 12.1 Å². The SMILES string of the molecule is C=C(/N=C(\C(=C/C)n1ccnc1)c1ccc(Cl)cc1Cl)NCCNc1ccc([N+](=O)[O-])c(N)n1. The smallest absolute Gasteiger partial charge is 0.311 e. The Balaban J connectivity index is 1.73. The van der Waals surface area contributed by atoms with Crippen LogP contribution < -0.4 is 16.4 Å². The fourth-order valence-electron chi connectivity index (χ4n) is 3.04. The molecule has 4 N–H and O–H groups in total. The van der Waals surface area contributed by atoms with Crippen LogP contribution in [0.1, 0.15) is 12.5 Å². The molecule has 12 heteroatoms. The first-order valence-electron chi connectivity index (χ1n) is 10.1. The van der Waals surface area contributed by atoms with Crippen molar-refractivity contribution in [3.63, 3.8) is 0 Å². The number of halogens is 2. The maximum Gasteiger partial charge on any atom is 0.311 e. The molecule has 176 valence electrons. The van der Waals surface area contributed by atoms with Crippen molar-refractivity contribution in [1.82, 2.24) is 19.9 Å². The molecule has 1 aromatic carbocycles. The van der Waals surface area contributed by atoms with Crippen molar-refractivity contribution in [2.24, 2.45) is 4.99 Å². The highest BCUT2D eigenvalue weighted by atomic mass is 35.5. The summed E-state index contributed by atoms with van der Waals surface area (Å²) in [5, 5.41) is 18.0. The van der Waals surface area contributed by atoms with Crippen LogP contribution in [-0.2, 0) is 0 Å². The van der Waals surface area contributed by atoms with E-state index in [9.17, 15) is 10.1 Å². The van der Waals surface area contributed by atoms with Gasteiger partial charge in [-0.2, -0.15) is 0 Å². The Morgan fingerprint density at radius 2 is 2.12 bits per heavy atom. The van der Waals surface area contributed by atoms with Gasteiger partial charge in [-0.05, 0) is 31.2 Å². The molecule has 10 nitrogen and oxygen atoms in total. The minimum Gasteiger partial charge on any atom is -0.378 e. The number of nitrogen functional groups attached to an aromatic ring is 1. The molecule has 2 heterocycles. The van der Waals surface area contributed by atoms with Crippen molar-refractivity contribution < 1.29 is 4.92 Å². The molecule has 0 aliphatic heterocycles. The van der Waals surface area contributed by atoms with Gasteiger partial charge in [0.15, 0.2) is 0 Å². The van der Waals surface area contributed by atoms with Gasteiger partial charge in [-0.3, -0.25) is 10.1 Å². The molecule has 0 fully saturated rings. The molecule has 0 bridgehead atoms. The molecular formula is C22H22Cl2N8O2. The van der Waals surface area contributed by atoms with Gasteiger partial charge in [-0.1, -0.05) is 35.9 Å². The first kappa shape index (κ1) is 24.7. The van der Waals surface area contributed by atoms with E-state index in [2.05, 4.69) is 32.2 Å². The fourth-order valence-corrected chi connectivity index (χ4v) is 3.54. The Kier molecular flexibility index (Phi) is 8.23. The molecule has 3 rings (SSSR count). The second-order valence-corrected chi connectivity index (χ2v) is 7.73. The van der Waals surface area contributed by atoms with Gasteiger partial charge in [0.25, 0.3) is 0 Å². The third-order valence-electron chi connectivity index (χ3n) is 4.59. The summed E-state index contributed by atoms with van der Waals surface area (Å²) >= 11 is 12.5. The number of hydrogen-bond acceptors (Lipinski definition) is 8. The summed E-state index contributed by atoms with van der Waals surface area (Å²) in [6, 6.07) is 7.98. The van der Waals surface area contributed by atoms with Gasteiger partial charge in [0.2, 0.25) is 5.82 Å². The molecule has 0 unspecified atom stereocenters. The van der Waals surface area contributed by atoms with Crippen molar-refractivity contribution in [2.45, 2.75) is 6.92 Å². The number of allylic oxidation sites excluding steroid dienone is 2. The second kappa shape index (κ2) is 11.3. The van der Waals surface area contributed by atoms with E-state index < -0.39 is 4.92 Å². The maximum atomic E-state index is 10.9. The largest absolute Gasteiger partial charge is 0.378 e. The molecule has 2 aromatic heterocycles. The van der Waals surface area contributed by atoms with Crippen LogP contribution in [0.5, 0.6) is 0 Å². The number of nitro groups is 1. The van der Waals surface area contributed by atoms with Crippen molar-refractivity contribution in [2.75, 3.05) is 24.1 Å². The number of nitrogens with one attached hydrogen (secondary N) is 2. The Morgan fingerprint density at radius 3 is 2.74 bits per heavy atom. The quantitative estimate of drug-likeness (QED) is 0.160. The summed E-state index contributed by atoms with van der Waals surface area (Å²) in [5.74, 6) is 0.669. The third-order valence-corrected chi connectivity index (χ3v) is 5.14. The van der Waals surface area contributed by atoms with Crippen LogP contribution in [0.4, 0.5) is 17.3 Å². The van der Waals surface area contributed by atoms with Crippen LogP contribution in [0.15, 0.2) is 72.5 Å². The molecule has 0 saturated heterocycles. The zero-order valence-corrected chi connectivity index (χ0v) is 19.7. The third kappa shape index (κ3) is 6.12. The molecule has 0 atom stereocenters. The standard InChI is InChI=1S/C22H22Cl2N8O2/c1-3-18(31-11-10-26-13-31)21(16-5-4-15(23)12-17(16)24)29-14(2)27-8-9-28-20-7-6-19(32(33)34)22(25)30-20/h3-7,10-13,27H,2,8-9H2,1H3,(H3,25,28,30)/b18-3+,29-21-. The number of benzene rings is 1. The molecule has 0 spiro atoms. The maximum absolute atomic E-state index is 10.9. The van der Waals surface area contributed by atoms with Gasteiger partial charge in [0.05, 0.1) is 27.7 Å². The van der Waals surface area contributed by atoms with Gasteiger partial charge >= 0.3 is 5.69 Å². The van der Waals surface area contributed by atoms with E-state index in [-0.39, 0.29) is 11.5 Å². The van der Waals surface area contributed by atoms with E-state index >= 15 is 0 Å². The minimum atomic E-state index is -0.580.